The summed E-state index contributed by atoms with van der Waals surface area (Å²) in [6.45, 7) is 4.14. The normalized spacial score (nSPS) is 12.4. The van der Waals surface area contributed by atoms with Crippen LogP contribution in [0.3, 0.4) is 0 Å². The van der Waals surface area contributed by atoms with Gasteiger partial charge in [0.15, 0.2) is 0 Å². The van der Waals surface area contributed by atoms with E-state index < -0.39 is 27.8 Å². The molecule has 33 heavy (non-hydrogen) atoms. The molecule has 2 N–H and O–H groups in total. The lowest BCUT2D eigenvalue weighted by Gasteiger charge is -2.20. The van der Waals surface area contributed by atoms with Gasteiger partial charge in [-0.3, -0.25) is 4.79 Å². The van der Waals surface area contributed by atoms with Crippen LogP contribution in [0.4, 0.5) is 10.1 Å². The number of ether oxygens (including phenoxy) is 1. The van der Waals surface area contributed by atoms with E-state index in [9.17, 15) is 17.6 Å². The zero-order chi connectivity index (χ0) is 24.0. The largest absolute Gasteiger partial charge is 0.495 e. The molecular weight excluding hydrogens is 443 g/mol. The maximum atomic E-state index is 13.8. The van der Waals surface area contributed by atoms with Crippen LogP contribution in [0, 0.1) is 5.82 Å². The fourth-order valence-corrected chi connectivity index (χ4v) is 4.71. The highest BCUT2D eigenvalue weighted by molar-refractivity contribution is 7.89. The number of halogens is 1. The Hall–Kier alpha value is -3.23. The van der Waals surface area contributed by atoms with E-state index in [4.69, 9.17) is 4.74 Å². The molecule has 3 aromatic rings. The second-order valence-electron chi connectivity index (χ2n) is 7.92. The van der Waals surface area contributed by atoms with Crippen LogP contribution in [0.1, 0.15) is 30.9 Å². The van der Waals surface area contributed by atoms with Gasteiger partial charge in [-0.25, -0.2) is 12.8 Å². The molecule has 8 heteroatoms. The van der Waals surface area contributed by atoms with Gasteiger partial charge in [0.25, 0.3) is 0 Å². The number of hydrogen-bond donors (Lipinski definition) is 2. The van der Waals surface area contributed by atoms with E-state index in [0.717, 1.165) is 23.3 Å². The van der Waals surface area contributed by atoms with Gasteiger partial charge >= 0.3 is 0 Å². The third-order valence-corrected chi connectivity index (χ3v) is 6.65. The smallest absolute Gasteiger partial charge is 0.245 e. The van der Waals surface area contributed by atoms with Crippen LogP contribution in [0.2, 0.25) is 0 Å². The molecule has 0 saturated carbocycles. The molecule has 1 atom stereocenters. The van der Waals surface area contributed by atoms with Crippen molar-refractivity contribution in [3.8, 4) is 5.75 Å². The summed E-state index contributed by atoms with van der Waals surface area (Å²) in [7, 11) is -2.98. The topological polar surface area (TPSA) is 84.5 Å². The molecule has 0 radical (unpaired) electrons. The molecular formula is C25H27FN2O4S. The summed E-state index contributed by atoms with van der Waals surface area (Å²) in [4.78, 5) is 12.7. The minimum absolute atomic E-state index is 0.0213. The molecule has 174 valence electrons. The zero-order valence-corrected chi connectivity index (χ0v) is 19.5. The lowest BCUT2D eigenvalue weighted by Crippen LogP contribution is -2.45. The molecule has 1 amide bonds. The number of rotatable bonds is 9. The van der Waals surface area contributed by atoms with Crippen molar-refractivity contribution in [3.63, 3.8) is 0 Å². The molecule has 0 aromatic heterocycles. The Labute approximate surface area is 193 Å². The summed E-state index contributed by atoms with van der Waals surface area (Å²) < 4.78 is 47.5. The van der Waals surface area contributed by atoms with Gasteiger partial charge < -0.3 is 10.1 Å². The number of carbonyl (C=O) groups excluding carboxylic acids is 1. The molecule has 0 aliphatic carbocycles. The van der Waals surface area contributed by atoms with E-state index in [1.807, 2.05) is 18.2 Å². The van der Waals surface area contributed by atoms with Gasteiger partial charge in [0, 0.05) is 5.69 Å². The number of nitrogens with one attached hydrogen (secondary N) is 2. The lowest BCUT2D eigenvalue weighted by molar-refractivity contribution is -0.117. The van der Waals surface area contributed by atoms with Crippen LogP contribution in [-0.2, 0) is 21.2 Å². The van der Waals surface area contributed by atoms with Gasteiger partial charge in [0.2, 0.25) is 15.9 Å². The third-order valence-electron chi connectivity index (χ3n) is 5.16. The number of amides is 1. The Morgan fingerprint density at radius 2 is 1.67 bits per heavy atom. The zero-order valence-electron chi connectivity index (χ0n) is 18.7. The summed E-state index contributed by atoms with van der Waals surface area (Å²) in [5.41, 5.74) is 2.43. The minimum atomic E-state index is -4.28. The van der Waals surface area contributed by atoms with Gasteiger partial charge in [-0.05, 0) is 53.8 Å². The van der Waals surface area contributed by atoms with Crippen molar-refractivity contribution >= 4 is 21.6 Å². The van der Waals surface area contributed by atoms with Crippen LogP contribution < -0.4 is 14.8 Å². The molecule has 6 nitrogen and oxygen atoms in total. The fraction of sp³-hybridized carbons (Fsp3) is 0.240. The van der Waals surface area contributed by atoms with Crippen molar-refractivity contribution in [2.24, 2.45) is 0 Å². The van der Waals surface area contributed by atoms with Crippen LogP contribution in [-0.4, -0.2) is 27.5 Å². The molecule has 0 spiro atoms. The third kappa shape index (κ3) is 6.40. The number of carbonyl (C=O) groups is 1. The average Bonchev–Trinajstić information content (AvgIpc) is 2.79. The Balaban J connectivity index is 1.89. The van der Waals surface area contributed by atoms with Gasteiger partial charge in [-0.1, -0.05) is 56.3 Å². The van der Waals surface area contributed by atoms with E-state index in [2.05, 4.69) is 23.9 Å². The van der Waals surface area contributed by atoms with E-state index >= 15 is 0 Å². The van der Waals surface area contributed by atoms with Crippen LogP contribution in [0.25, 0.3) is 0 Å². The summed E-state index contributed by atoms with van der Waals surface area (Å²) in [5.74, 6) is -0.943. The fourth-order valence-electron chi connectivity index (χ4n) is 3.33. The molecule has 0 aliphatic rings. The predicted octanol–water partition coefficient (Wildman–Crippen LogP) is 4.49. The molecule has 3 rings (SSSR count). The van der Waals surface area contributed by atoms with Crippen molar-refractivity contribution in [1.29, 1.82) is 0 Å². The Bertz CT molecular complexity index is 1200. The molecule has 0 fully saturated rings. The second-order valence-corrected chi connectivity index (χ2v) is 9.61. The first-order valence-electron chi connectivity index (χ1n) is 10.5. The first-order valence-corrected chi connectivity index (χ1v) is 12.0. The Morgan fingerprint density at radius 1 is 1.00 bits per heavy atom. The highest BCUT2D eigenvalue weighted by atomic mass is 32.2. The average molecular weight is 471 g/mol. The Morgan fingerprint density at radius 3 is 2.27 bits per heavy atom. The minimum Gasteiger partial charge on any atom is -0.495 e. The van der Waals surface area contributed by atoms with E-state index in [1.165, 1.54) is 13.2 Å². The SMILES string of the molecule is COc1ccc(F)cc1S(=O)(=O)NC(Cc1ccccc1)C(=O)Nc1ccc(C(C)C)cc1. The van der Waals surface area contributed by atoms with Crippen molar-refractivity contribution in [1.82, 2.24) is 4.72 Å². The number of hydrogen-bond acceptors (Lipinski definition) is 4. The lowest BCUT2D eigenvalue weighted by atomic mass is 10.0. The van der Waals surface area contributed by atoms with Crippen molar-refractivity contribution in [3.05, 3.63) is 89.7 Å². The quantitative estimate of drug-likeness (QED) is 0.483. The van der Waals surface area contributed by atoms with Crippen LogP contribution >= 0.6 is 0 Å². The molecule has 0 saturated heterocycles. The highest BCUT2D eigenvalue weighted by Crippen LogP contribution is 2.25. The van der Waals surface area contributed by atoms with Crippen molar-refractivity contribution in [2.45, 2.75) is 37.1 Å². The monoisotopic (exact) mass is 470 g/mol. The molecule has 0 bridgehead atoms. The molecule has 1 unspecified atom stereocenters. The highest BCUT2D eigenvalue weighted by Gasteiger charge is 2.29. The number of sulfonamides is 1. The van der Waals surface area contributed by atoms with Crippen LogP contribution in [0.15, 0.2) is 77.7 Å². The Kier molecular flexibility index (Phi) is 7.84. The first-order chi connectivity index (χ1) is 15.7. The summed E-state index contributed by atoms with van der Waals surface area (Å²) >= 11 is 0. The maximum absolute atomic E-state index is 13.8. The number of methoxy groups -OCH3 is 1. The summed E-state index contributed by atoms with van der Waals surface area (Å²) in [5, 5.41) is 2.77. The van der Waals surface area contributed by atoms with Gasteiger partial charge in [0.1, 0.15) is 22.5 Å². The number of benzene rings is 3. The molecule has 0 aliphatic heterocycles. The summed E-state index contributed by atoms with van der Waals surface area (Å²) in [6.07, 6.45) is 0.105. The first kappa shape index (κ1) is 24.4. The van der Waals surface area contributed by atoms with Crippen molar-refractivity contribution in [2.75, 3.05) is 12.4 Å². The molecule has 3 aromatic carbocycles. The van der Waals surface area contributed by atoms with Crippen molar-refractivity contribution < 1.29 is 22.3 Å². The van der Waals surface area contributed by atoms with Gasteiger partial charge in [0.05, 0.1) is 7.11 Å². The standard InChI is InChI=1S/C25H27FN2O4S/c1-17(2)19-9-12-21(13-10-19)27-25(29)22(15-18-7-5-4-6-8-18)28-33(30,31)24-16-20(26)11-14-23(24)32-3/h4-14,16-17,22,28H,15H2,1-3H3,(H,27,29). The summed E-state index contributed by atoms with van der Waals surface area (Å²) in [6, 6.07) is 18.5. The second kappa shape index (κ2) is 10.6. The van der Waals surface area contributed by atoms with E-state index in [-0.39, 0.29) is 17.1 Å². The molecule has 0 heterocycles. The van der Waals surface area contributed by atoms with Crippen LogP contribution in [0.5, 0.6) is 5.75 Å². The predicted molar refractivity (Wildman–Crippen MR) is 126 cm³/mol. The van der Waals surface area contributed by atoms with Gasteiger partial charge in [-0.15, -0.1) is 0 Å². The van der Waals surface area contributed by atoms with E-state index in [0.29, 0.717) is 11.6 Å². The van der Waals surface area contributed by atoms with E-state index in [1.54, 1.807) is 36.4 Å². The van der Waals surface area contributed by atoms with Gasteiger partial charge in [-0.2, -0.15) is 4.72 Å². The number of anilines is 1. The maximum Gasteiger partial charge on any atom is 0.245 e.